The van der Waals surface area contributed by atoms with Gasteiger partial charge >= 0.3 is 12.0 Å². The summed E-state index contributed by atoms with van der Waals surface area (Å²) in [5, 5.41) is 8.11. The molecule has 8 rings (SSSR count). The number of aromatic nitrogens is 3. The maximum atomic E-state index is 14.7. The molecular formula is C51H67N9O8S. The maximum absolute atomic E-state index is 14.7. The number of esters is 1. The molecule has 0 saturated carbocycles. The van der Waals surface area contributed by atoms with Crippen LogP contribution in [-0.2, 0) is 52.8 Å². The van der Waals surface area contributed by atoms with Gasteiger partial charge in [-0.1, -0.05) is 40.3 Å². The van der Waals surface area contributed by atoms with Crippen molar-refractivity contribution in [3.63, 3.8) is 0 Å². The Hall–Kier alpha value is -5.69. The van der Waals surface area contributed by atoms with Gasteiger partial charge in [0.2, 0.25) is 11.8 Å². The van der Waals surface area contributed by atoms with Crippen LogP contribution in [0.3, 0.4) is 0 Å². The minimum absolute atomic E-state index is 0.0624. The van der Waals surface area contributed by atoms with Gasteiger partial charge in [0.15, 0.2) is 0 Å². The van der Waals surface area contributed by atoms with Gasteiger partial charge < -0.3 is 38.8 Å². The highest BCUT2D eigenvalue weighted by molar-refractivity contribution is 7.10. The van der Waals surface area contributed by atoms with Gasteiger partial charge in [-0.05, 0) is 81.4 Å². The Kier molecular flexibility index (Phi) is 14.9. The number of nitrogens with one attached hydrogen (secondary N) is 2. The summed E-state index contributed by atoms with van der Waals surface area (Å²) in [6.45, 7) is 18.3. The third-order valence-electron chi connectivity index (χ3n) is 14.1. The summed E-state index contributed by atoms with van der Waals surface area (Å²) in [5.74, 6) is -1.96. The fourth-order valence-electron chi connectivity index (χ4n) is 10.5. The number of fused-ring (bicyclic) bond motifs is 7. The smallest absolute Gasteiger partial charge is 0.324 e. The predicted molar refractivity (Wildman–Crippen MR) is 263 cm³/mol. The van der Waals surface area contributed by atoms with Gasteiger partial charge in [0, 0.05) is 92.3 Å². The summed E-state index contributed by atoms with van der Waals surface area (Å²) in [6, 6.07) is 6.83. The number of hydrazine groups is 1. The molecule has 6 bridgehead atoms. The molecule has 0 radical (unpaired) electrons. The number of rotatable bonds is 9. The number of likely N-dealkylation sites (tertiary alicyclic amines) is 1. The van der Waals surface area contributed by atoms with Crippen LogP contribution in [0, 0.1) is 11.3 Å². The van der Waals surface area contributed by atoms with E-state index in [2.05, 4.69) is 66.9 Å². The van der Waals surface area contributed by atoms with E-state index in [4.69, 9.17) is 24.2 Å². The normalized spacial score (nSPS) is 22.9. The van der Waals surface area contributed by atoms with Crippen molar-refractivity contribution in [1.82, 2.24) is 45.0 Å². The first-order valence-electron chi connectivity index (χ1n) is 24.2. The lowest BCUT2D eigenvalue weighted by Crippen LogP contribution is -2.65. The summed E-state index contributed by atoms with van der Waals surface area (Å²) < 4.78 is 20.2. The number of piperidine rings is 1. The molecule has 3 fully saturated rings. The maximum Gasteiger partial charge on any atom is 0.324 e. The molecule has 2 N–H and O–H groups in total. The molecule has 7 heterocycles. The first-order valence-corrected chi connectivity index (χ1v) is 25.1. The highest BCUT2D eigenvalue weighted by Gasteiger charge is 2.43. The van der Waals surface area contributed by atoms with E-state index >= 15 is 0 Å². The topological polar surface area (TPSA) is 181 Å². The molecule has 1 aromatic carbocycles. The minimum Gasteiger partial charge on any atom is -0.464 e. The Morgan fingerprint density at radius 2 is 1.93 bits per heavy atom. The monoisotopic (exact) mass is 965 g/mol. The number of carbonyl (C=O) groups excluding carboxylic acids is 5. The van der Waals surface area contributed by atoms with Crippen LogP contribution in [0.1, 0.15) is 83.2 Å². The van der Waals surface area contributed by atoms with E-state index in [0.717, 1.165) is 44.7 Å². The van der Waals surface area contributed by atoms with Gasteiger partial charge in [-0.2, -0.15) is 0 Å². The van der Waals surface area contributed by atoms with Gasteiger partial charge in [-0.3, -0.25) is 29.2 Å². The average molecular weight is 966 g/mol. The number of methoxy groups -OCH3 is 1. The molecule has 3 saturated heterocycles. The number of amides is 5. The van der Waals surface area contributed by atoms with Crippen molar-refractivity contribution in [1.29, 1.82) is 0 Å². The van der Waals surface area contributed by atoms with Crippen molar-refractivity contribution in [2.75, 3.05) is 53.6 Å². The lowest BCUT2D eigenvalue weighted by molar-refractivity contribution is -0.155. The number of benzene rings is 1. The van der Waals surface area contributed by atoms with Crippen molar-refractivity contribution in [2.24, 2.45) is 11.3 Å². The minimum atomic E-state index is -1.10. The van der Waals surface area contributed by atoms with Crippen molar-refractivity contribution >= 4 is 52.0 Å². The van der Waals surface area contributed by atoms with Crippen LogP contribution in [-0.4, -0.2) is 148 Å². The molecule has 6 atom stereocenters. The Morgan fingerprint density at radius 1 is 1.13 bits per heavy atom. The Balaban J connectivity index is 1.13. The van der Waals surface area contributed by atoms with E-state index in [0.29, 0.717) is 63.5 Å². The standard InChI is InChI=1S/C51H67N9O8S/c1-10-43(61)59-22-23-67-41-18-21-57(27-40(41)59)50(65)56(8)45(30(3)4)47(62)54-37-25-42-53-38(28-69-42)32-16-17-39-34(24-32)35(46(58(39)11-2)33-14-12-19-52-44(33)31(5)66-9)26-51(6,7)29-68-49(64)36-15-13-20-60(55-36)48(37)63/h10,12,14,16-17,19,24,28,30-31,36-37,40-41,45,55H,1,11,13,15,18,20-23,25-27,29H2,2-9H3,(H,54,62)/t31-,36-,37-,40+,41+,45?/m0/s1. The van der Waals surface area contributed by atoms with Crippen LogP contribution >= 0.6 is 11.3 Å². The zero-order chi connectivity index (χ0) is 49.3. The number of thiazole rings is 1. The quantitative estimate of drug-likeness (QED) is 0.154. The molecule has 3 aromatic heterocycles. The van der Waals surface area contributed by atoms with Gasteiger partial charge in [0.05, 0.1) is 53.6 Å². The summed E-state index contributed by atoms with van der Waals surface area (Å²) >= 11 is 1.40. The van der Waals surface area contributed by atoms with Crippen molar-refractivity contribution in [3.05, 3.63) is 70.8 Å². The number of carbonyl (C=O) groups is 5. The lowest BCUT2D eigenvalue weighted by Gasteiger charge is -2.47. The second-order valence-electron chi connectivity index (χ2n) is 19.8. The SMILES string of the molecule is C=CC(=O)N1CCO[C@@H]2CCN(C(=O)N(C)C(C(=O)N[C@H]3Cc4nc(cs4)-c4ccc5c(c4)c(c(-c4cccnc4[C@H](C)OC)n5CC)CC(C)(C)COC(=O)[C@@H]4CCCN(N4)C3=O)C(C)C)C[C@H]21. The largest absolute Gasteiger partial charge is 0.464 e. The van der Waals surface area contributed by atoms with E-state index in [-0.39, 0.29) is 55.7 Å². The number of cyclic esters (lactones) is 1. The van der Waals surface area contributed by atoms with Crippen LogP contribution in [0.5, 0.6) is 0 Å². The van der Waals surface area contributed by atoms with E-state index < -0.39 is 41.3 Å². The molecule has 4 aliphatic heterocycles. The summed E-state index contributed by atoms with van der Waals surface area (Å²) in [6.07, 6.45) is 4.76. The van der Waals surface area contributed by atoms with Gasteiger partial charge in [-0.25, -0.2) is 15.2 Å². The number of hydrogen-bond donors (Lipinski definition) is 2. The Labute approximate surface area is 408 Å². The molecule has 0 spiro atoms. The van der Waals surface area contributed by atoms with Crippen LogP contribution in [0.15, 0.2) is 54.6 Å². The van der Waals surface area contributed by atoms with E-state index in [1.165, 1.54) is 27.3 Å². The summed E-state index contributed by atoms with van der Waals surface area (Å²) in [4.78, 5) is 85.1. The van der Waals surface area contributed by atoms with Crippen LogP contribution in [0.4, 0.5) is 4.79 Å². The molecule has 0 aliphatic carbocycles. The zero-order valence-electron chi connectivity index (χ0n) is 41.2. The molecule has 18 heteroatoms. The number of pyridine rings is 1. The second kappa shape index (κ2) is 20.7. The van der Waals surface area contributed by atoms with Crippen LogP contribution in [0.25, 0.3) is 33.4 Å². The fraction of sp³-hybridized carbons (Fsp3) is 0.549. The summed E-state index contributed by atoms with van der Waals surface area (Å²) in [7, 11) is 3.28. The highest BCUT2D eigenvalue weighted by atomic mass is 32.1. The first kappa shape index (κ1) is 49.7. The third kappa shape index (κ3) is 10.2. The van der Waals surface area contributed by atoms with E-state index in [9.17, 15) is 24.0 Å². The van der Waals surface area contributed by atoms with Crippen molar-refractivity contribution < 1.29 is 38.2 Å². The first-order chi connectivity index (χ1) is 33.0. The van der Waals surface area contributed by atoms with Crippen LogP contribution in [0.2, 0.25) is 0 Å². The molecule has 370 valence electrons. The Morgan fingerprint density at radius 3 is 2.67 bits per heavy atom. The third-order valence-corrected chi connectivity index (χ3v) is 15.0. The fourth-order valence-corrected chi connectivity index (χ4v) is 11.4. The number of aryl methyl sites for hydroxylation is 1. The predicted octanol–water partition coefficient (Wildman–Crippen LogP) is 5.77. The summed E-state index contributed by atoms with van der Waals surface area (Å²) in [5.41, 5.74) is 9.23. The second-order valence-corrected chi connectivity index (χ2v) is 20.7. The number of hydrogen-bond acceptors (Lipinski definition) is 12. The number of likely N-dealkylation sites (N-methyl/N-ethyl adjacent to an activating group) is 1. The van der Waals surface area contributed by atoms with Crippen LogP contribution < -0.4 is 10.7 Å². The highest BCUT2D eigenvalue weighted by Crippen LogP contribution is 2.42. The number of nitrogens with zero attached hydrogens (tertiary/aromatic N) is 7. The molecule has 17 nitrogen and oxygen atoms in total. The molecule has 1 unspecified atom stereocenters. The van der Waals surface area contributed by atoms with Gasteiger partial charge in [0.1, 0.15) is 18.1 Å². The average Bonchev–Trinajstić information content (AvgIpc) is 3.95. The zero-order valence-corrected chi connectivity index (χ0v) is 42.0. The lowest BCUT2D eigenvalue weighted by atomic mass is 9.84. The van der Waals surface area contributed by atoms with Gasteiger partial charge in [-0.15, -0.1) is 11.3 Å². The number of morpholine rings is 1. The van der Waals surface area contributed by atoms with E-state index in [1.54, 1.807) is 30.2 Å². The Bertz CT molecular complexity index is 2590. The number of urea groups is 1. The molecule has 5 amide bonds. The van der Waals surface area contributed by atoms with Gasteiger partial charge in [0.25, 0.3) is 5.91 Å². The number of ether oxygens (including phenoxy) is 3. The molecular weight excluding hydrogens is 899 g/mol. The van der Waals surface area contributed by atoms with Crippen molar-refractivity contribution in [2.45, 2.75) is 117 Å². The molecule has 4 aliphatic rings. The van der Waals surface area contributed by atoms with Crippen molar-refractivity contribution in [3.8, 4) is 22.5 Å². The molecule has 4 aromatic rings. The molecule has 69 heavy (non-hydrogen) atoms. The van der Waals surface area contributed by atoms with E-state index in [1.807, 2.05) is 32.2 Å².